The van der Waals surface area contributed by atoms with Gasteiger partial charge >= 0.3 is 0 Å². The summed E-state index contributed by atoms with van der Waals surface area (Å²) in [6, 6.07) is 0.722. The van der Waals surface area contributed by atoms with E-state index in [4.69, 9.17) is 0 Å². The van der Waals surface area contributed by atoms with Crippen LogP contribution in [0.3, 0.4) is 0 Å². The van der Waals surface area contributed by atoms with Crippen molar-refractivity contribution in [1.29, 1.82) is 0 Å². The molecule has 2 atom stereocenters. The third-order valence-electron chi connectivity index (χ3n) is 2.64. The molecule has 0 aromatic heterocycles. The molecule has 1 rings (SSSR count). The molecule has 0 unspecified atom stereocenters. The van der Waals surface area contributed by atoms with E-state index in [1.54, 1.807) is 0 Å². The van der Waals surface area contributed by atoms with Crippen LogP contribution >= 0.6 is 0 Å². The Bertz CT molecular complexity index is 112. The van der Waals surface area contributed by atoms with Gasteiger partial charge in [0.25, 0.3) is 0 Å². The number of rotatable bonds is 0. The van der Waals surface area contributed by atoms with Crippen LogP contribution in [0.4, 0.5) is 0 Å². The molecule has 1 heteroatoms. The van der Waals surface area contributed by atoms with E-state index >= 15 is 0 Å². The summed E-state index contributed by atoms with van der Waals surface area (Å²) in [5, 5.41) is 3.48. The van der Waals surface area contributed by atoms with E-state index < -0.39 is 0 Å². The smallest absolute Gasteiger partial charge is 0.00724 e. The van der Waals surface area contributed by atoms with Crippen molar-refractivity contribution < 1.29 is 0 Å². The second-order valence-corrected chi connectivity index (χ2v) is 4.50. The largest absolute Gasteiger partial charge is 0.314 e. The first-order chi connectivity index (χ1) is 4.52. The van der Waals surface area contributed by atoms with Crippen molar-refractivity contribution in [1.82, 2.24) is 5.32 Å². The minimum Gasteiger partial charge on any atom is -0.314 e. The first-order valence-corrected chi connectivity index (χ1v) is 4.25. The van der Waals surface area contributed by atoms with Gasteiger partial charge in [0.1, 0.15) is 0 Å². The molecule has 1 aliphatic heterocycles. The molecule has 0 bridgehead atoms. The summed E-state index contributed by atoms with van der Waals surface area (Å²) in [4.78, 5) is 0. The molecule has 1 fully saturated rings. The molecule has 0 spiro atoms. The molecule has 0 radical (unpaired) electrons. The van der Waals surface area contributed by atoms with Gasteiger partial charge in [-0.3, -0.25) is 0 Å². The molecule has 60 valence electrons. The zero-order chi connectivity index (χ0) is 7.78. The van der Waals surface area contributed by atoms with Gasteiger partial charge in [-0.1, -0.05) is 20.8 Å². The maximum Gasteiger partial charge on any atom is 0.00724 e. The van der Waals surface area contributed by atoms with E-state index in [1.165, 1.54) is 13.0 Å². The highest BCUT2D eigenvalue weighted by Gasteiger charge is 2.32. The predicted octanol–water partition coefficient (Wildman–Crippen LogP) is 2.03. The van der Waals surface area contributed by atoms with Crippen LogP contribution in [0.5, 0.6) is 0 Å². The third-order valence-corrected chi connectivity index (χ3v) is 2.64. The van der Waals surface area contributed by atoms with Crippen molar-refractivity contribution in [3.63, 3.8) is 0 Å². The summed E-state index contributed by atoms with van der Waals surface area (Å²) in [5.41, 5.74) is 0.489. The summed E-state index contributed by atoms with van der Waals surface area (Å²) in [6.45, 7) is 10.5. The van der Waals surface area contributed by atoms with Crippen LogP contribution < -0.4 is 5.32 Å². The van der Waals surface area contributed by atoms with Gasteiger partial charge in [-0.15, -0.1) is 0 Å². The first kappa shape index (κ1) is 8.06. The summed E-state index contributed by atoms with van der Waals surface area (Å²) in [6.07, 6.45) is 1.35. The first-order valence-electron chi connectivity index (χ1n) is 4.25. The Balaban J connectivity index is 2.55. The van der Waals surface area contributed by atoms with Crippen LogP contribution in [0, 0.1) is 11.3 Å². The van der Waals surface area contributed by atoms with Crippen molar-refractivity contribution in [3.05, 3.63) is 0 Å². The Morgan fingerprint density at radius 2 is 1.90 bits per heavy atom. The number of hydrogen-bond acceptors (Lipinski definition) is 1. The standard InChI is InChI=1S/C9H19N/c1-7-8(5-6-10-7)9(2,3)4/h7-8,10H,5-6H2,1-4H3/t7-,8-/m1/s1. The molecule has 1 heterocycles. The second kappa shape index (κ2) is 2.54. The Labute approximate surface area is 64.2 Å². The van der Waals surface area contributed by atoms with Gasteiger partial charge < -0.3 is 5.32 Å². The lowest BCUT2D eigenvalue weighted by Crippen LogP contribution is -2.31. The van der Waals surface area contributed by atoms with E-state index in [1.807, 2.05) is 0 Å². The molecule has 10 heavy (non-hydrogen) atoms. The fourth-order valence-corrected chi connectivity index (χ4v) is 2.04. The predicted molar refractivity (Wildman–Crippen MR) is 45.0 cm³/mol. The molecule has 0 saturated carbocycles. The van der Waals surface area contributed by atoms with Crippen LogP contribution in [0.2, 0.25) is 0 Å². The molecule has 1 nitrogen and oxygen atoms in total. The maximum absolute atomic E-state index is 3.48. The molecule has 1 N–H and O–H groups in total. The van der Waals surface area contributed by atoms with Crippen LogP contribution in [0.1, 0.15) is 34.1 Å². The van der Waals surface area contributed by atoms with Gasteiger partial charge in [0.2, 0.25) is 0 Å². The molecule has 0 aromatic carbocycles. The van der Waals surface area contributed by atoms with Crippen LogP contribution in [-0.2, 0) is 0 Å². The monoisotopic (exact) mass is 141 g/mol. The lowest BCUT2D eigenvalue weighted by Gasteiger charge is -2.29. The zero-order valence-corrected chi connectivity index (χ0v) is 7.57. The van der Waals surface area contributed by atoms with Gasteiger partial charge in [0.15, 0.2) is 0 Å². The fraction of sp³-hybridized carbons (Fsp3) is 1.00. The van der Waals surface area contributed by atoms with Gasteiger partial charge in [-0.05, 0) is 31.2 Å². The van der Waals surface area contributed by atoms with Crippen LogP contribution in [-0.4, -0.2) is 12.6 Å². The maximum atomic E-state index is 3.48. The summed E-state index contributed by atoms with van der Waals surface area (Å²) >= 11 is 0. The van der Waals surface area contributed by atoms with Crippen molar-refractivity contribution in [2.75, 3.05) is 6.54 Å². The SMILES string of the molecule is C[C@H]1NCC[C@H]1C(C)(C)C. The van der Waals surface area contributed by atoms with Gasteiger partial charge in [-0.25, -0.2) is 0 Å². The minimum atomic E-state index is 0.489. The molecule has 0 amide bonds. The molecular weight excluding hydrogens is 122 g/mol. The number of nitrogens with one attached hydrogen (secondary N) is 1. The Morgan fingerprint density at radius 3 is 2.10 bits per heavy atom. The van der Waals surface area contributed by atoms with E-state index in [2.05, 4.69) is 33.0 Å². The molecule has 0 aliphatic carbocycles. The lowest BCUT2D eigenvalue weighted by atomic mass is 9.77. The van der Waals surface area contributed by atoms with E-state index in [0.717, 1.165) is 12.0 Å². The normalized spacial score (nSPS) is 34.8. The van der Waals surface area contributed by atoms with E-state index in [0.29, 0.717) is 5.41 Å². The van der Waals surface area contributed by atoms with Crippen molar-refractivity contribution in [2.45, 2.75) is 40.2 Å². The zero-order valence-electron chi connectivity index (χ0n) is 7.57. The highest BCUT2D eigenvalue weighted by atomic mass is 14.9. The third kappa shape index (κ3) is 1.51. The number of hydrogen-bond donors (Lipinski definition) is 1. The molecular formula is C9H19N. The van der Waals surface area contributed by atoms with Crippen LogP contribution in [0.15, 0.2) is 0 Å². The van der Waals surface area contributed by atoms with Gasteiger partial charge in [-0.2, -0.15) is 0 Å². The van der Waals surface area contributed by atoms with E-state index in [9.17, 15) is 0 Å². The lowest BCUT2D eigenvalue weighted by molar-refractivity contribution is 0.225. The highest BCUT2D eigenvalue weighted by Crippen LogP contribution is 2.33. The van der Waals surface area contributed by atoms with Crippen molar-refractivity contribution in [2.24, 2.45) is 11.3 Å². The molecule has 1 aliphatic rings. The highest BCUT2D eigenvalue weighted by molar-refractivity contribution is 4.87. The quantitative estimate of drug-likeness (QED) is 0.544. The topological polar surface area (TPSA) is 12.0 Å². The summed E-state index contributed by atoms with van der Waals surface area (Å²) in [7, 11) is 0. The summed E-state index contributed by atoms with van der Waals surface area (Å²) < 4.78 is 0. The van der Waals surface area contributed by atoms with Crippen molar-refractivity contribution in [3.8, 4) is 0 Å². The molecule has 1 saturated heterocycles. The average Bonchev–Trinajstić information content (AvgIpc) is 2.11. The Kier molecular flexibility index (Phi) is 2.04. The second-order valence-electron chi connectivity index (χ2n) is 4.50. The van der Waals surface area contributed by atoms with E-state index in [-0.39, 0.29) is 0 Å². The van der Waals surface area contributed by atoms with Crippen LogP contribution in [0.25, 0.3) is 0 Å². The molecule has 0 aromatic rings. The Hall–Kier alpha value is -0.0400. The summed E-state index contributed by atoms with van der Waals surface area (Å²) in [5.74, 6) is 0.868. The average molecular weight is 141 g/mol. The fourth-order valence-electron chi connectivity index (χ4n) is 2.04. The van der Waals surface area contributed by atoms with Gasteiger partial charge in [0.05, 0.1) is 0 Å². The van der Waals surface area contributed by atoms with Gasteiger partial charge in [0, 0.05) is 6.04 Å². The Morgan fingerprint density at radius 1 is 1.30 bits per heavy atom. The minimum absolute atomic E-state index is 0.489. The van der Waals surface area contributed by atoms with Crippen molar-refractivity contribution >= 4 is 0 Å².